The Labute approximate surface area is 190 Å². The molecule has 6 nitrogen and oxygen atoms in total. The average molecular weight is 446 g/mol. The minimum absolute atomic E-state index is 0.0923. The molecule has 0 bridgehead atoms. The van der Waals surface area contributed by atoms with Crippen molar-refractivity contribution in [3.05, 3.63) is 93.2 Å². The molecular formula is C25H23N3O3S. The number of nitrogens with zero attached hydrogens (tertiary/aromatic N) is 3. The molecule has 0 atom stereocenters. The van der Waals surface area contributed by atoms with Gasteiger partial charge < -0.3 is 4.90 Å². The Kier molecular flexibility index (Phi) is 5.59. The summed E-state index contributed by atoms with van der Waals surface area (Å²) in [4.78, 5) is 45.5. The lowest BCUT2D eigenvalue weighted by atomic mass is 10.0. The predicted molar refractivity (Wildman–Crippen MR) is 123 cm³/mol. The van der Waals surface area contributed by atoms with Crippen molar-refractivity contribution < 1.29 is 14.4 Å². The highest BCUT2D eigenvalue weighted by Gasteiger charge is 2.36. The van der Waals surface area contributed by atoms with Crippen molar-refractivity contribution in [3.63, 3.8) is 0 Å². The van der Waals surface area contributed by atoms with Crippen LogP contribution in [0.3, 0.4) is 0 Å². The van der Waals surface area contributed by atoms with Gasteiger partial charge in [0.2, 0.25) is 0 Å². The zero-order chi connectivity index (χ0) is 22.1. The van der Waals surface area contributed by atoms with Crippen LogP contribution in [-0.2, 0) is 13.1 Å². The van der Waals surface area contributed by atoms with E-state index in [1.165, 1.54) is 9.78 Å². The number of benzene rings is 2. The van der Waals surface area contributed by atoms with Gasteiger partial charge in [0, 0.05) is 43.2 Å². The van der Waals surface area contributed by atoms with Gasteiger partial charge in [-0.3, -0.25) is 24.2 Å². The van der Waals surface area contributed by atoms with Crippen LogP contribution in [-0.4, -0.2) is 58.6 Å². The first kappa shape index (κ1) is 20.6. The van der Waals surface area contributed by atoms with Crippen molar-refractivity contribution in [2.45, 2.75) is 13.1 Å². The number of carbonyl (C=O) groups is 3. The van der Waals surface area contributed by atoms with E-state index in [2.05, 4.69) is 22.4 Å². The highest BCUT2D eigenvalue weighted by molar-refractivity contribution is 7.09. The fourth-order valence-electron chi connectivity index (χ4n) is 4.25. The molecule has 0 N–H and O–H groups in total. The molecule has 1 aromatic heterocycles. The molecule has 0 radical (unpaired) electrons. The van der Waals surface area contributed by atoms with E-state index in [9.17, 15) is 14.4 Å². The standard InChI is InChI=1S/C25H23N3O3S/c29-23(27-12-10-26(11-13-27)17-20-7-4-14-32-20)19-8-9-21-22(15-19)25(31)28(24(21)30)16-18-5-2-1-3-6-18/h1-9,14-15H,10-13,16-17H2. The van der Waals surface area contributed by atoms with Gasteiger partial charge in [-0.1, -0.05) is 36.4 Å². The zero-order valence-corrected chi connectivity index (χ0v) is 18.4. The predicted octanol–water partition coefficient (Wildman–Crippen LogP) is 3.50. The SMILES string of the molecule is O=C(c1ccc2c(c1)C(=O)N(Cc1ccccc1)C2=O)N1CCN(Cc2cccs2)CC1. The molecular weight excluding hydrogens is 422 g/mol. The van der Waals surface area contributed by atoms with E-state index in [0.29, 0.717) is 29.8 Å². The fourth-order valence-corrected chi connectivity index (χ4v) is 4.99. The third kappa shape index (κ3) is 3.97. The Morgan fingerprint density at radius 1 is 0.812 bits per heavy atom. The number of carbonyl (C=O) groups excluding carboxylic acids is 3. The lowest BCUT2D eigenvalue weighted by molar-refractivity contribution is 0.0627. The molecule has 1 fully saturated rings. The maximum atomic E-state index is 13.1. The summed E-state index contributed by atoms with van der Waals surface area (Å²) in [5, 5.41) is 2.08. The molecule has 2 aliphatic heterocycles. The van der Waals surface area contributed by atoms with Crippen LogP contribution in [0.2, 0.25) is 0 Å². The number of thiophene rings is 1. The van der Waals surface area contributed by atoms with Crippen LogP contribution >= 0.6 is 11.3 Å². The van der Waals surface area contributed by atoms with Crippen LogP contribution in [0.25, 0.3) is 0 Å². The van der Waals surface area contributed by atoms with Crippen molar-refractivity contribution in [2.75, 3.05) is 26.2 Å². The lowest BCUT2D eigenvalue weighted by Gasteiger charge is -2.34. The summed E-state index contributed by atoms with van der Waals surface area (Å²) in [6, 6.07) is 18.5. The second kappa shape index (κ2) is 8.68. The van der Waals surface area contributed by atoms with Gasteiger partial charge in [-0.2, -0.15) is 0 Å². The maximum absolute atomic E-state index is 13.1. The van der Waals surface area contributed by atoms with Gasteiger partial charge in [0.15, 0.2) is 0 Å². The molecule has 0 spiro atoms. The van der Waals surface area contributed by atoms with Gasteiger partial charge in [-0.15, -0.1) is 11.3 Å². The van der Waals surface area contributed by atoms with Crippen LogP contribution < -0.4 is 0 Å². The molecule has 3 amide bonds. The number of piperazine rings is 1. The quantitative estimate of drug-likeness (QED) is 0.564. The van der Waals surface area contributed by atoms with Crippen molar-refractivity contribution in [1.82, 2.24) is 14.7 Å². The normalized spacial score (nSPS) is 16.5. The molecule has 0 unspecified atom stereocenters. The molecule has 0 saturated carbocycles. The van der Waals surface area contributed by atoms with E-state index in [0.717, 1.165) is 25.2 Å². The second-order valence-electron chi connectivity index (χ2n) is 8.09. The van der Waals surface area contributed by atoms with E-state index < -0.39 is 0 Å². The summed E-state index contributed by atoms with van der Waals surface area (Å²) in [6.07, 6.45) is 0. The Bertz CT molecular complexity index is 1150. The number of fused-ring (bicyclic) bond motifs is 1. The maximum Gasteiger partial charge on any atom is 0.261 e. The Morgan fingerprint density at radius 3 is 2.28 bits per heavy atom. The van der Waals surface area contributed by atoms with Crippen LogP contribution in [0.4, 0.5) is 0 Å². The summed E-state index contributed by atoms with van der Waals surface area (Å²) in [5.41, 5.74) is 2.02. The molecule has 3 aromatic rings. The Balaban J connectivity index is 1.26. The fraction of sp³-hybridized carbons (Fsp3) is 0.240. The first-order valence-electron chi connectivity index (χ1n) is 10.7. The Hall–Kier alpha value is -3.29. The highest BCUT2D eigenvalue weighted by Crippen LogP contribution is 2.26. The third-order valence-corrected chi connectivity index (χ3v) is 6.88. The topological polar surface area (TPSA) is 60.9 Å². The van der Waals surface area contributed by atoms with Gasteiger partial charge in [0.05, 0.1) is 17.7 Å². The molecule has 3 heterocycles. The summed E-state index contributed by atoms with van der Waals surface area (Å²) in [7, 11) is 0. The van der Waals surface area contributed by atoms with Gasteiger partial charge >= 0.3 is 0 Å². The lowest BCUT2D eigenvalue weighted by Crippen LogP contribution is -2.48. The molecule has 5 rings (SSSR count). The van der Waals surface area contributed by atoms with Crippen LogP contribution in [0, 0.1) is 0 Å². The molecule has 32 heavy (non-hydrogen) atoms. The molecule has 0 aliphatic carbocycles. The average Bonchev–Trinajstić information content (AvgIpc) is 3.42. The molecule has 1 saturated heterocycles. The van der Waals surface area contributed by atoms with Gasteiger partial charge in [-0.25, -0.2) is 0 Å². The number of imide groups is 1. The van der Waals surface area contributed by atoms with E-state index in [-0.39, 0.29) is 24.3 Å². The first-order chi connectivity index (χ1) is 15.6. The highest BCUT2D eigenvalue weighted by atomic mass is 32.1. The van der Waals surface area contributed by atoms with Crippen LogP contribution in [0.1, 0.15) is 41.5 Å². The monoisotopic (exact) mass is 445 g/mol. The summed E-state index contributed by atoms with van der Waals surface area (Å²) < 4.78 is 0. The zero-order valence-electron chi connectivity index (χ0n) is 17.6. The Morgan fingerprint density at radius 2 is 1.56 bits per heavy atom. The van der Waals surface area contributed by atoms with E-state index in [1.54, 1.807) is 29.5 Å². The van der Waals surface area contributed by atoms with Crippen molar-refractivity contribution in [1.29, 1.82) is 0 Å². The van der Waals surface area contributed by atoms with Crippen LogP contribution in [0.5, 0.6) is 0 Å². The van der Waals surface area contributed by atoms with Gasteiger partial charge in [-0.05, 0) is 35.2 Å². The van der Waals surface area contributed by atoms with Crippen LogP contribution in [0.15, 0.2) is 66.0 Å². The van der Waals surface area contributed by atoms with Crippen molar-refractivity contribution in [2.24, 2.45) is 0 Å². The van der Waals surface area contributed by atoms with Gasteiger partial charge in [0.25, 0.3) is 17.7 Å². The number of amides is 3. The molecule has 2 aromatic carbocycles. The second-order valence-corrected chi connectivity index (χ2v) is 9.12. The minimum Gasteiger partial charge on any atom is -0.336 e. The number of hydrogen-bond donors (Lipinski definition) is 0. The minimum atomic E-state index is -0.343. The van der Waals surface area contributed by atoms with E-state index in [4.69, 9.17) is 0 Å². The smallest absolute Gasteiger partial charge is 0.261 e. The molecule has 2 aliphatic rings. The van der Waals surface area contributed by atoms with E-state index >= 15 is 0 Å². The van der Waals surface area contributed by atoms with Crippen molar-refractivity contribution in [3.8, 4) is 0 Å². The third-order valence-electron chi connectivity index (χ3n) is 6.02. The summed E-state index contributed by atoms with van der Waals surface area (Å²) in [5.74, 6) is -0.746. The molecule has 162 valence electrons. The first-order valence-corrected chi connectivity index (χ1v) is 11.6. The number of rotatable bonds is 5. The number of hydrogen-bond acceptors (Lipinski definition) is 5. The van der Waals surface area contributed by atoms with Crippen molar-refractivity contribution >= 4 is 29.1 Å². The molecule has 7 heteroatoms. The van der Waals surface area contributed by atoms with Gasteiger partial charge in [0.1, 0.15) is 0 Å². The summed E-state index contributed by atoms with van der Waals surface area (Å²) >= 11 is 1.75. The van der Waals surface area contributed by atoms with E-state index in [1.807, 2.05) is 35.2 Å². The largest absolute Gasteiger partial charge is 0.336 e. The summed E-state index contributed by atoms with van der Waals surface area (Å²) in [6.45, 7) is 4.06.